The van der Waals surface area contributed by atoms with Gasteiger partial charge in [0.15, 0.2) is 0 Å². The number of amides is 2. The van der Waals surface area contributed by atoms with Crippen molar-refractivity contribution in [2.24, 2.45) is 11.7 Å². The molecule has 1 rings (SSSR count). The Balaban J connectivity index is 2.20. The van der Waals surface area contributed by atoms with Crippen molar-refractivity contribution in [2.45, 2.75) is 26.2 Å². The summed E-state index contributed by atoms with van der Waals surface area (Å²) >= 11 is 0. The van der Waals surface area contributed by atoms with Gasteiger partial charge in [-0.2, -0.15) is 0 Å². The van der Waals surface area contributed by atoms with Crippen LogP contribution in [-0.2, 0) is 9.59 Å². The molecule has 5 nitrogen and oxygen atoms in total. The third-order valence-electron chi connectivity index (χ3n) is 3.08. The van der Waals surface area contributed by atoms with Gasteiger partial charge in [0.05, 0.1) is 0 Å². The van der Waals surface area contributed by atoms with Crippen LogP contribution in [0.25, 0.3) is 0 Å². The Morgan fingerprint density at radius 3 is 2.50 bits per heavy atom. The molecule has 0 atom stereocenters. The lowest BCUT2D eigenvalue weighted by Gasteiger charge is -2.30. The Labute approximate surface area is 96.4 Å². The van der Waals surface area contributed by atoms with E-state index in [2.05, 4.69) is 17.1 Å². The third kappa shape index (κ3) is 4.18. The molecule has 1 aliphatic heterocycles. The van der Waals surface area contributed by atoms with Crippen LogP contribution in [0.5, 0.6) is 0 Å². The largest absolute Gasteiger partial charge is 0.370 e. The van der Waals surface area contributed by atoms with Gasteiger partial charge in [0, 0.05) is 18.9 Å². The van der Waals surface area contributed by atoms with Gasteiger partial charge < -0.3 is 16.0 Å². The van der Waals surface area contributed by atoms with Gasteiger partial charge in [-0.3, -0.25) is 9.59 Å². The second-order valence-electron chi connectivity index (χ2n) is 4.22. The average Bonchev–Trinajstić information content (AvgIpc) is 2.28. The lowest BCUT2D eigenvalue weighted by molar-refractivity contribution is -0.126. The Kier molecular flexibility index (Phi) is 5.25. The van der Waals surface area contributed by atoms with Crippen LogP contribution in [0, 0.1) is 5.92 Å². The normalized spacial score (nSPS) is 18.3. The van der Waals surface area contributed by atoms with Crippen molar-refractivity contribution in [3.8, 4) is 0 Å². The number of hydrogen-bond acceptors (Lipinski definition) is 3. The Bertz CT molecular complexity index is 248. The summed E-state index contributed by atoms with van der Waals surface area (Å²) in [6.45, 7) is 5.53. The molecule has 16 heavy (non-hydrogen) atoms. The first-order chi connectivity index (χ1) is 7.63. The minimum absolute atomic E-state index is 0.0667. The number of carbonyl (C=O) groups excluding carboxylic acids is 2. The van der Waals surface area contributed by atoms with Crippen LogP contribution in [-0.4, -0.2) is 42.9 Å². The van der Waals surface area contributed by atoms with E-state index in [0.29, 0.717) is 6.54 Å². The Morgan fingerprint density at radius 2 is 2.00 bits per heavy atom. The molecule has 0 aromatic carbocycles. The molecule has 1 fully saturated rings. The third-order valence-corrected chi connectivity index (χ3v) is 3.08. The summed E-state index contributed by atoms with van der Waals surface area (Å²) in [7, 11) is 0. The summed E-state index contributed by atoms with van der Waals surface area (Å²) in [5.41, 5.74) is 5.00. The average molecular weight is 227 g/mol. The Morgan fingerprint density at radius 1 is 1.38 bits per heavy atom. The lowest BCUT2D eigenvalue weighted by atomic mass is 9.96. The zero-order valence-corrected chi connectivity index (χ0v) is 9.87. The molecule has 0 aliphatic carbocycles. The molecule has 5 heteroatoms. The van der Waals surface area contributed by atoms with Crippen molar-refractivity contribution >= 4 is 11.8 Å². The van der Waals surface area contributed by atoms with Gasteiger partial charge in [0.25, 0.3) is 0 Å². The van der Waals surface area contributed by atoms with Gasteiger partial charge in [-0.05, 0) is 32.5 Å². The maximum atomic E-state index is 11.7. The highest BCUT2D eigenvalue weighted by Gasteiger charge is 2.23. The van der Waals surface area contributed by atoms with Gasteiger partial charge in [0.1, 0.15) is 0 Å². The van der Waals surface area contributed by atoms with Crippen molar-refractivity contribution in [1.29, 1.82) is 0 Å². The second-order valence-corrected chi connectivity index (χ2v) is 4.22. The first-order valence-corrected chi connectivity index (χ1v) is 5.91. The van der Waals surface area contributed by atoms with Crippen LogP contribution in [0.1, 0.15) is 26.2 Å². The molecule has 0 spiro atoms. The van der Waals surface area contributed by atoms with Crippen LogP contribution in [0.3, 0.4) is 0 Å². The van der Waals surface area contributed by atoms with Crippen LogP contribution in [0.4, 0.5) is 0 Å². The second kappa shape index (κ2) is 6.48. The summed E-state index contributed by atoms with van der Waals surface area (Å²) in [6, 6.07) is 0. The van der Waals surface area contributed by atoms with Crippen LogP contribution in [0.2, 0.25) is 0 Å². The minimum Gasteiger partial charge on any atom is -0.370 e. The van der Waals surface area contributed by atoms with E-state index >= 15 is 0 Å². The van der Waals surface area contributed by atoms with Crippen molar-refractivity contribution < 1.29 is 9.59 Å². The molecule has 0 saturated carbocycles. The number of likely N-dealkylation sites (tertiary alicyclic amines) is 1. The maximum absolute atomic E-state index is 11.7. The van der Waals surface area contributed by atoms with E-state index in [9.17, 15) is 9.59 Å². The van der Waals surface area contributed by atoms with Crippen molar-refractivity contribution in [1.82, 2.24) is 10.2 Å². The standard InChI is InChI=1S/C11H21N3O2/c1-2-14-7-4-9(5-8-14)11(16)13-6-3-10(12)15/h9H,2-8H2,1H3,(H2,12,15)(H,13,16). The molecule has 0 radical (unpaired) electrons. The molecular formula is C11H21N3O2. The highest BCUT2D eigenvalue weighted by atomic mass is 16.2. The maximum Gasteiger partial charge on any atom is 0.223 e. The SMILES string of the molecule is CCN1CCC(C(=O)NCCC(N)=O)CC1. The molecule has 2 amide bonds. The van der Waals surface area contributed by atoms with E-state index in [4.69, 9.17) is 5.73 Å². The zero-order valence-electron chi connectivity index (χ0n) is 9.87. The summed E-state index contributed by atoms with van der Waals surface area (Å²) < 4.78 is 0. The van der Waals surface area contributed by atoms with E-state index in [1.165, 1.54) is 0 Å². The number of hydrogen-bond donors (Lipinski definition) is 2. The van der Waals surface area contributed by atoms with E-state index < -0.39 is 0 Å². The van der Waals surface area contributed by atoms with E-state index in [1.807, 2.05) is 0 Å². The van der Waals surface area contributed by atoms with Gasteiger partial charge in [-0.25, -0.2) is 0 Å². The lowest BCUT2D eigenvalue weighted by Crippen LogP contribution is -2.41. The monoisotopic (exact) mass is 227 g/mol. The molecule has 92 valence electrons. The van der Waals surface area contributed by atoms with Gasteiger partial charge >= 0.3 is 0 Å². The number of nitrogens with two attached hydrogens (primary N) is 1. The Hall–Kier alpha value is -1.10. The number of nitrogens with zero attached hydrogens (tertiary/aromatic N) is 1. The predicted molar refractivity (Wildman–Crippen MR) is 61.7 cm³/mol. The highest BCUT2D eigenvalue weighted by molar-refractivity contribution is 5.80. The summed E-state index contributed by atoms with van der Waals surface area (Å²) in [4.78, 5) is 24.5. The van der Waals surface area contributed by atoms with Crippen LogP contribution >= 0.6 is 0 Å². The fourth-order valence-corrected chi connectivity index (χ4v) is 1.96. The fourth-order valence-electron chi connectivity index (χ4n) is 1.96. The summed E-state index contributed by atoms with van der Waals surface area (Å²) in [5, 5.41) is 2.76. The molecule has 0 unspecified atom stereocenters. The number of rotatable bonds is 5. The number of piperidine rings is 1. The van der Waals surface area contributed by atoms with Gasteiger partial charge in [0.2, 0.25) is 11.8 Å². The topological polar surface area (TPSA) is 75.4 Å². The van der Waals surface area contributed by atoms with E-state index in [-0.39, 0.29) is 24.2 Å². The fraction of sp³-hybridized carbons (Fsp3) is 0.818. The minimum atomic E-state index is -0.374. The van der Waals surface area contributed by atoms with Crippen molar-refractivity contribution in [3.05, 3.63) is 0 Å². The number of primary amides is 1. The van der Waals surface area contributed by atoms with Crippen LogP contribution < -0.4 is 11.1 Å². The van der Waals surface area contributed by atoms with E-state index in [0.717, 1.165) is 32.5 Å². The first kappa shape index (κ1) is 13.0. The van der Waals surface area contributed by atoms with Crippen molar-refractivity contribution in [3.63, 3.8) is 0 Å². The van der Waals surface area contributed by atoms with Gasteiger partial charge in [-0.1, -0.05) is 6.92 Å². The predicted octanol–water partition coefficient (Wildman–Crippen LogP) is -0.290. The molecule has 3 N–H and O–H groups in total. The number of nitrogens with one attached hydrogen (secondary N) is 1. The quantitative estimate of drug-likeness (QED) is 0.677. The first-order valence-electron chi connectivity index (χ1n) is 5.91. The van der Waals surface area contributed by atoms with Crippen molar-refractivity contribution in [2.75, 3.05) is 26.2 Å². The van der Waals surface area contributed by atoms with Gasteiger partial charge in [-0.15, -0.1) is 0 Å². The molecular weight excluding hydrogens is 206 g/mol. The smallest absolute Gasteiger partial charge is 0.223 e. The summed E-state index contributed by atoms with van der Waals surface area (Å²) in [5.74, 6) is -0.200. The van der Waals surface area contributed by atoms with E-state index in [1.54, 1.807) is 0 Å². The number of carbonyl (C=O) groups is 2. The van der Waals surface area contributed by atoms with Crippen LogP contribution in [0.15, 0.2) is 0 Å². The summed E-state index contributed by atoms with van der Waals surface area (Å²) in [6.07, 6.45) is 2.05. The molecule has 0 bridgehead atoms. The molecule has 1 heterocycles. The highest BCUT2D eigenvalue weighted by Crippen LogP contribution is 2.16. The molecule has 0 aromatic heterocycles. The molecule has 1 saturated heterocycles. The molecule has 1 aliphatic rings. The zero-order chi connectivity index (χ0) is 12.0. The molecule has 0 aromatic rings.